The number of hydrogen-bond donors (Lipinski definition) is 1. The third kappa shape index (κ3) is 2.77. The van der Waals surface area contributed by atoms with Crippen LogP contribution >= 0.6 is 0 Å². The summed E-state index contributed by atoms with van der Waals surface area (Å²) < 4.78 is 5.52. The van der Waals surface area contributed by atoms with Crippen LogP contribution in [0.4, 0.5) is 0 Å². The van der Waals surface area contributed by atoms with Crippen LogP contribution in [0, 0.1) is 0 Å². The first-order valence-corrected chi connectivity index (χ1v) is 7.67. The molecular weight excluding hydrogens is 276 g/mol. The molecule has 0 heterocycles. The first-order chi connectivity index (χ1) is 10.7. The molecule has 1 aliphatic carbocycles. The highest BCUT2D eigenvalue weighted by molar-refractivity contribution is 5.89. The maximum Gasteiger partial charge on any atom is 0.338 e. The van der Waals surface area contributed by atoms with E-state index in [0.717, 1.165) is 24.8 Å². The van der Waals surface area contributed by atoms with Crippen LogP contribution in [0.15, 0.2) is 54.6 Å². The predicted octanol–water partition coefficient (Wildman–Crippen LogP) is 3.11. The van der Waals surface area contributed by atoms with E-state index in [4.69, 9.17) is 4.74 Å². The van der Waals surface area contributed by atoms with E-state index in [-0.39, 0.29) is 19.2 Å². The normalized spacial score (nSPS) is 20.2. The van der Waals surface area contributed by atoms with Crippen molar-refractivity contribution in [2.24, 2.45) is 0 Å². The lowest BCUT2D eigenvalue weighted by molar-refractivity contribution is 0.0284. The first kappa shape index (κ1) is 14.8. The fraction of sp³-hybridized carbons (Fsp3) is 0.316. The van der Waals surface area contributed by atoms with Gasteiger partial charge in [-0.05, 0) is 42.5 Å². The highest BCUT2D eigenvalue weighted by Gasteiger charge is 2.37. The van der Waals surface area contributed by atoms with Crippen molar-refractivity contribution >= 4 is 5.97 Å². The number of ether oxygens (including phenoxy) is 1. The summed E-state index contributed by atoms with van der Waals surface area (Å²) in [6, 6.07) is 17.1. The van der Waals surface area contributed by atoms with E-state index in [0.29, 0.717) is 5.56 Å². The van der Waals surface area contributed by atoms with Crippen molar-refractivity contribution in [3.8, 4) is 0 Å². The van der Waals surface area contributed by atoms with Gasteiger partial charge >= 0.3 is 5.97 Å². The van der Waals surface area contributed by atoms with Crippen LogP contribution in [0.3, 0.4) is 0 Å². The molecule has 1 unspecified atom stereocenters. The Balaban J connectivity index is 1.80. The Bertz CT molecular complexity index is 651. The van der Waals surface area contributed by atoms with Crippen molar-refractivity contribution in [1.82, 2.24) is 0 Å². The van der Waals surface area contributed by atoms with Crippen LogP contribution in [-0.2, 0) is 16.6 Å². The molecule has 0 aromatic heterocycles. The molecule has 0 aliphatic heterocycles. The van der Waals surface area contributed by atoms with Gasteiger partial charge in [-0.3, -0.25) is 0 Å². The number of carbonyl (C=O) groups is 1. The number of aliphatic hydroxyl groups excluding tert-OH is 1. The van der Waals surface area contributed by atoms with Gasteiger partial charge in [-0.15, -0.1) is 0 Å². The van der Waals surface area contributed by atoms with Crippen molar-refractivity contribution in [2.45, 2.75) is 24.7 Å². The largest absolute Gasteiger partial charge is 0.461 e. The van der Waals surface area contributed by atoms with Crippen molar-refractivity contribution in [3.63, 3.8) is 0 Å². The van der Waals surface area contributed by atoms with E-state index in [9.17, 15) is 9.90 Å². The van der Waals surface area contributed by atoms with Gasteiger partial charge in [-0.2, -0.15) is 0 Å². The van der Waals surface area contributed by atoms with E-state index < -0.39 is 5.41 Å². The molecule has 1 atom stereocenters. The van der Waals surface area contributed by atoms with Gasteiger partial charge in [0, 0.05) is 0 Å². The molecule has 3 nitrogen and oxygen atoms in total. The van der Waals surface area contributed by atoms with Crippen LogP contribution in [0.5, 0.6) is 0 Å². The molecule has 3 rings (SSSR count). The Morgan fingerprint density at radius 2 is 1.82 bits per heavy atom. The quantitative estimate of drug-likeness (QED) is 0.882. The van der Waals surface area contributed by atoms with Gasteiger partial charge in [0.25, 0.3) is 0 Å². The van der Waals surface area contributed by atoms with Gasteiger partial charge in [0.2, 0.25) is 0 Å². The molecule has 1 N–H and O–H groups in total. The smallest absolute Gasteiger partial charge is 0.338 e. The summed E-state index contributed by atoms with van der Waals surface area (Å²) in [4.78, 5) is 12.2. The summed E-state index contributed by atoms with van der Waals surface area (Å²) in [7, 11) is 0. The SMILES string of the molecule is O=C(OCC1(CO)CCCc2ccccc21)c1ccccc1. The third-order valence-electron chi connectivity index (χ3n) is 4.48. The summed E-state index contributed by atoms with van der Waals surface area (Å²) in [5.74, 6) is -0.337. The molecule has 114 valence electrons. The zero-order chi connectivity index (χ0) is 15.4. The van der Waals surface area contributed by atoms with Crippen LogP contribution in [0.1, 0.15) is 34.3 Å². The Morgan fingerprint density at radius 3 is 2.59 bits per heavy atom. The number of fused-ring (bicyclic) bond motifs is 1. The summed E-state index contributed by atoms with van der Waals surface area (Å²) >= 11 is 0. The maximum absolute atomic E-state index is 12.2. The molecule has 2 aromatic rings. The van der Waals surface area contributed by atoms with Gasteiger partial charge in [0.15, 0.2) is 0 Å². The lowest BCUT2D eigenvalue weighted by Gasteiger charge is -2.37. The minimum atomic E-state index is -0.473. The van der Waals surface area contributed by atoms with Crippen LogP contribution in [0.25, 0.3) is 0 Å². The average Bonchev–Trinajstić information content (AvgIpc) is 2.60. The van der Waals surface area contributed by atoms with Gasteiger partial charge in [-0.25, -0.2) is 4.79 Å². The van der Waals surface area contributed by atoms with E-state index in [2.05, 4.69) is 6.07 Å². The number of aliphatic hydroxyl groups is 1. The van der Waals surface area contributed by atoms with Crippen molar-refractivity contribution in [1.29, 1.82) is 0 Å². The highest BCUT2D eigenvalue weighted by atomic mass is 16.5. The molecule has 1 aliphatic rings. The second kappa shape index (κ2) is 6.32. The second-order valence-electron chi connectivity index (χ2n) is 5.89. The minimum Gasteiger partial charge on any atom is -0.461 e. The van der Waals surface area contributed by atoms with Gasteiger partial charge in [0.1, 0.15) is 6.61 Å². The lowest BCUT2D eigenvalue weighted by atomic mass is 9.71. The summed E-state index contributed by atoms with van der Waals surface area (Å²) in [5.41, 5.74) is 2.43. The summed E-state index contributed by atoms with van der Waals surface area (Å²) in [5, 5.41) is 9.98. The fourth-order valence-electron chi connectivity index (χ4n) is 3.23. The summed E-state index contributed by atoms with van der Waals surface area (Å²) in [6.07, 6.45) is 2.85. The molecule has 2 aromatic carbocycles. The molecule has 0 radical (unpaired) electrons. The zero-order valence-corrected chi connectivity index (χ0v) is 12.5. The molecular formula is C19H20O3. The Hall–Kier alpha value is -2.13. The molecule has 0 fully saturated rings. The van der Waals surface area contributed by atoms with Crippen LogP contribution in [0.2, 0.25) is 0 Å². The number of aryl methyl sites for hydroxylation is 1. The molecule has 3 heteroatoms. The number of carbonyl (C=O) groups excluding carboxylic acids is 1. The fourth-order valence-corrected chi connectivity index (χ4v) is 3.23. The second-order valence-corrected chi connectivity index (χ2v) is 5.89. The monoisotopic (exact) mass is 296 g/mol. The predicted molar refractivity (Wildman–Crippen MR) is 84.9 cm³/mol. The van der Waals surface area contributed by atoms with Gasteiger partial charge < -0.3 is 9.84 Å². The van der Waals surface area contributed by atoms with Crippen molar-refractivity contribution in [3.05, 3.63) is 71.3 Å². The molecule has 22 heavy (non-hydrogen) atoms. The molecule has 0 bridgehead atoms. The number of rotatable bonds is 4. The van der Waals surface area contributed by atoms with E-state index in [1.807, 2.05) is 36.4 Å². The highest BCUT2D eigenvalue weighted by Crippen LogP contribution is 2.37. The Kier molecular flexibility index (Phi) is 4.25. The lowest BCUT2D eigenvalue weighted by Crippen LogP contribution is -2.40. The van der Waals surface area contributed by atoms with Crippen LogP contribution in [-0.4, -0.2) is 24.3 Å². The molecule has 0 spiro atoms. The first-order valence-electron chi connectivity index (χ1n) is 7.67. The van der Waals surface area contributed by atoms with Crippen molar-refractivity contribution in [2.75, 3.05) is 13.2 Å². The average molecular weight is 296 g/mol. The number of esters is 1. The minimum absolute atomic E-state index is 0.00785. The molecule has 0 amide bonds. The number of benzene rings is 2. The van der Waals surface area contributed by atoms with Crippen molar-refractivity contribution < 1.29 is 14.6 Å². The third-order valence-corrected chi connectivity index (χ3v) is 4.48. The molecule has 0 saturated carbocycles. The van der Waals surface area contributed by atoms with Crippen LogP contribution < -0.4 is 0 Å². The maximum atomic E-state index is 12.2. The van der Waals surface area contributed by atoms with Gasteiger partial charge in [-0.1, -0.05) is 42.5 Å². The molecule has 0 saturated heterocycles. The topological polar surface area (TPSA) is 46.5 Å². The Morgan fingerprint density at radius 1 is 1.09 bits per heavy atom. The number of hydrogen-bond acceptors (Lipinski definition) is 3. The zero-order valence-electron chi connectivity index (χ0n) is 12.5. The Labute approximate surface area is 130 Å². The summed E-state index contributed by atoms with van der Waals surface area (Å²) in [6.45, 7) is 0.209. The van der Waals surface area contributed by atoms with Gasteiger partial charge in [0.05, 0.1) is 17.6 Å². The standard InChI is InChI=1S/C19H20O3/c20-13-19(12-6-10-15-7-4-5-11-17(15)19)14-22-18(21)16-8-2-1-3-9-16/h1-5,7-9,11,20H,6,10,12-14H2. The van der Waals surface area contributed by atoms with E-state index in [1.54, 1.807) is 12.1 Å². The van der Waals surface area contributed by atoms with E-state index >= 15 is 0 Å². The van der Waals surface area contributed by atoms with E-state index in [1.165, 1.54) is 5.56 Å².